The number of nitrogens with one attached hydrogen (secondary N) is 1. The quantitative estimate of drug-likeness (QED) is 0.803. The number of nitrogens with zero attached hydrogens (tertiary/aromatic N) is 1. The fourth-order valence-electron chi connectivity index (χ4n) is 2.34. The monoisotopic (exact) mass is 308 g/mol. The zero-order valence-electron chi connectivity index (χ0n) is 11.9. The lowest BCUT2D eigenvalue weighted by Crippen LogP contribution is -2.31. The Morgan fingerprint density at radius 3 is 2.81 bits per heavy atom. The van der Waals surface area contributed by atoms with Gasteiger partial charge in [0.2, 0.25) is 0 Å². The molecular weight excluding hydrogens is 288 g/mol. The van der Waals surface area contributed by atoms with Gasteiger partial charge in [0.05, 0.1) is 22.3 Å². The SMILES string of the molecule is N#Cc1cccc(S(=O)(=O)CCNCC2CCOCC2)c1. The predicted octanol–water partition coefficient (Wildman–Crippen LogP) is 1.35. The van der Waals surface area contributed by atoms with Crippen LogP contribution in [-0.2, 0) is 14.6 Å². The molecule has 1 aliphatic rings. The van der Waals surface area contributed by atoms with Crippen molar-refractivity contribution in [2.45, 2.75) is 17.7 Å². The lowest BCUT2D eigenvalue weighted by molar-refractivity contribution is 0.0665. The molecule has 0 atom stereocenters. The van der Waals surface area contributed by atoms with Gasteiger partial charge in [0.25, 0.3) is 0 Å². The molecule has 1 aliphatic heterocycles. The van der Waals surface area contributed by atoms with Crippen molar-refractivity contribution in [3.05, 3.63) is 29.8 Å². The normalized spacial score (nSPS) is 16.5. The minimum absolute atomic E-state index is 0.0467. The van der Waals surface area contributed by atoms with Crippen LogP contribution in [0.15, 0.2) is 29.2 Å². The third-order valence-electron chi connectivity index (χ3n) is 3.64. The topological polar surface area (TPSA) is 79.2 Å². The molecule has 0 aliphatic carbocycles. The Bertz CT molecular complexity index is 602. The van der Waals surface area contributed by atoms with Crippen molar-refractivity contribution in [1.82, 2.24) is 5.32 Å². The molecule has 0 spiro atoms. The van der Waals surface area contributed by atoms with E-state index in [4.69, 9.17) is 10.00 Å². The van der Waals surface area contributed by atoms with Gasteiger partial charge < -0.3 is 10.1 Å². The summed E-state index contributed by atoms with van der Waals surface area (Å²) in [4.78, 5) is 0.217. The summed E-state index contributed by atoms with van der Waals surface area (Å²) in [6.07, 6.45) is 2.06. The first-order valence-corrected chi connectivity index (χ1v) is 8.78. The van der Waals surface area contributed by atoms with Crippen LogP contribution in [0.5, 0.6) is 0 Å². The molecule has 1 N–H and O–H groups in total. The third-order valence-corrected chi connectivity index (χ3v) is 5.36. The Morgan fingerprint density at radius 1 is 1.33 bits per heavy atom. The fourth-order valence-corrected chi connectivity index (χ4v) is 3.58. The molecule has 1 fully saturated rings. The zero-order chi connectivity index (χ0) is 15.1. The number of sulfone groups is 1. The molecule has 114 valence electrons. The molecule has 0 bridgehead atoms. The van der Waals surface area contributed by atoms with Gasteiger partial charge in [0.15, 0.2) is 9.84 Å². The summed E-state index contributed by atoms with van der Waals surface area (Å²) >= 11 is 0. The molecule has 0 aromatic heterocycles. The van der Waals surface area contributed by atoms with Crippen molar-refractivity contribution in [2.24, 2.45) is 5.92 Å². The van der Waals surface area contributed by atoms with E-state index in [1.165, 1.54) is 12.1 Å². The number of rotatable bonds is 6. The smallest absolute Gasteiger partial charge is 0.179 e. The minimum Gasteiger partial charge on any atom is -0.381 e. The highest BCUT2D eigenvalue weighted by Gasteiger charge is 2.16. The van der Waals surface area contributed by atoms with Crippen LogP contribution < -0.4 is 5.32 Å². The summed E-state index contributed by atoms with van der Waals surface area (Å²) in [5.74, 6) is 0.619. The van der Waals surface area contributed by atoms with Gasteiger partial charge in [-0.25, -0.2) is 8.42 Å². The molecule has 21 heavy (non-hydrogen) atoms. The summed E-state index contributed by atoms with van der Waals surface area (Å²) in [6, 6.07) is 8.12. The molecule has 6 heteroatoms. The van der Waals surface area contributed by atoms with Gasteiger partial charge in [-0.1, -0.05) is 6.07 Å². The number of benzene rings is 1. The van der Waals surface area contributed by atoms with E-state index in [-0.39, 0.29) is 10.6 Å². The number of hydrogen-bond donors (Lipinski definition) is 1. The maximum absolute atomic E-state index is 12.2. The molecule has 1 aromatic carbocycles. The Labute approximate surface area is 125 Å². The molecule has 1 aromatic rings. The first-order chi connectivity index (χ1) is 10.1. The van der Waals surface area contributed by atoms with E-state index >= 15 is 0 Å². The van der Waals surface area contributed by atoms with Gasteiger partial charge in [0.1, 0.15) is 0 Å². The Kier molecular flexibility index (Phi) is 5.74. The Hall–Kier alpha value is -1.42. The molecule has 0 radical (unpaired) electrons. The van der Waals surface area contributed by atoms with Crippen molar-refractivity contribution in [1.29, 1.82) is 5.26 Å². The molecule has 5 nitrogen and oxygen atoms in total. The van der Waals surface area contributed by atoms with Crippen molar-refractivity contribution < 1.29 is 13.2 Å². The minimum atomic E-state index is -3.33. The molecular formula is C15H20N2O3S. The molecule has 1 saturated heterocycles. The average molecular weight is 308 g/mol. The average Bonchev–Trinajstić information content (AvgIpc) is 2.53. The number of ether oxygens (including phenoxy) is 1. The second kappa shape index (κ2) is 7.55. The lowest BCUT2D eigenvalue weighted by atomic mass is 10.0. The van der Waals surface area contributed by atoms with Crippen molar-refractivity contribution in [2.75, 3.05) is 32.1 Å². The molecule has 0 saturated carbocycles. The summed E-state index contributed by atoms with van der Waals surface area (Å²) in [7, 11) is -3.33. The first kappa shape index (κ1) is 16.0. The van der Waals surface area contributed by atoms with Crippen LogP contribution in [0.3, 0.4) is 0 Å². The van der Waals surface area contributed by atoms with Gasteiger partial charge in [-0.2, -0.15) is 5.26 Å². The van der Waals surface area contributed by atoms with Crippen LogP contribution in [0, 0.1) is 17.2 Å². The van der Waals surface area contributed by atoms with Crippen LogP contribution in [0.2, 0.25) is 0 Å². The summed E-state index contributed by atoms with van der Waals surface area (Å²) in [6.45, 7) is 2.85. The zero-order valence-corrected chi connectivity index (χ0v) is 12.7. The van der Waals surface area contributed by atoms with Gasteiger partial charge in [-0.3, -0.25) is 0 Å². The van der Waals surface area contributed by atoms with E-state index < -0.39 is 9.84 Å². The molecule has 0 amide bonds. The van der Waals surface area contributed by atoms with Crippen molar-refractivity contribution in [3.63, 3.8) is 0 Å². The van der Waals surface area contributed by atoms with Gasteiger partial charge in [0, 0.05) is 19.8 Å². The maximum atomic E-state index is 12.2. The second-order valence-electron chi connectivity index (χ2n) is 5.22. The van der Waals surface area contributed by atoms with E-state index in [0.29, 0.717) is 18.0 Å². The fraction of sp³-hybridized carbons (Fsp3) is 0.533. The predicted molar refractivity (Wildman–Crippen MR) is 79.6 cm³/mol. The van der Waals surface area contributed by atoms with Crippen LogP contribution in [0.1, 0.15) is 18.4 Å². The molecule has 1 heterocycles. The largest absolute Gasteiger partial charge is 0.381 e. The number of nitriles is 1. The van der Waals surface area contributed by atoms with Crippen LogP contribution in [0.25, 0.3) is 0 Å². The van der Waals surface area contributed by atoms with E-state index in [2.05, 4.69) is 5.32 Å². The van der Waals surface area contributed by atoms with Crippen LogP contribution in [0.4, 0.5) is 0 Å². The summed E-state index contributed by atoms with van der Waals surface area (Å²) in [5.41, 5.74) is 0.367. The summed E-state index contributed by atoms with van der Waals surface area (Å²) in [5, 5.41) is 12.0. The molecule has 2 rings (SSSR count). The van der Waals surface area contributed by atoms with Gasteiger partial charge in [-0.15, -0.1) is 0 Å². The van der Waals surface area contributed by atoms with E-state index in [9.17, 15) is 8.42 Å². The van der Waals surface area contributed by atoms with Gasteiger partial charge >= 0.3 is 0 Å². The number of hydrogen-bond acceptors (Lipinski definition) is 5. The van der Waals surface area contributed by atoms with Crippen LogP contribution in [-0.4, -0.2) is 40.5 Å². The first-order valence-electron chi connectivity index (χ1n) is 7.13. The second-order valence-corrected chi connectivity index (χ2v) is 7.33. The Balaban J connectivity index is 1.82. The third kappa shape index (κ3) is 4.81. The summed E-state index contributed by atoms with van der Waals surface area (Å²) < 4.78 is 29.7. The molecule has 0 unspecified atom stereocenters. The van der Waals surface area contributed by atoms with Crippen molar-refractivity contribution >= 4 is 9.84 Å². The van der Waals surface area contributed by atoms with Gasteiger partial charge in [-0.05, 0) is 43.5 Å². The highest BCUT2D eigenvalue weighted by Crippen LogP contribution is 2.14. The van der Waals surface area contributed by atoms with E-state index in [0.717, 1.165) is 32.6 Å². The Morgan fingerprint density at radius 2 is 2.10 bits per heavy atom. The van der Waals surface area contributed by atoms with Crippen LogP contribution >= 0.6 is 0 Å². The van der Waals surface area contributed by atoms with E-state index in [1.54, 1.807) is 12.1 Å². The maximum Gasteiger partial charge on any atom is 0.179 e. The lowest BCUT2D eigenvalue weighted by Gasteiger charge is -2.22. The standard InChI is InChI=1S/C15H20N2O3S/c16-11-14-2-1-3-15(10-14)21(18,19)9-6-17-12-13-4-7-20-8-5-13/h1-3,10,13,17H,4-9,12H2. The van der Waals surface area contributed by atoms with Crippen molar-refractivity contribution in [3.8, 4) is 6.07 Å². The van der Waals surface area contributed by atoms with E-state index in [1.807, 2.05) is 6.07 Å². The highest BCUT2D eigenvalue weighted by atomic mass is 32.2. The highest BCUT2D eigenvalue weighted by molar-refractivity contribution is 7.91.